The van der Waals surface area contributed by atoms with Crippen molar-refractivity contribution < 1.29 is 18.0 Å². The molecule has 2 aromatic carbocycles. The van der Waals surface area contributed by atoms with Gasteiger partial charge in [-0.1, -0.05) is 25.0 Å². The largest absolute Gasteiger partial charge is 0.341 e. The summed E-state index contributed by atoms with van der Waals surface area (Å²) >= 11 is 0. The van der Waals surface area contributed by atoms with Crippen LogP contribution in [0.25, 0.3) is 0 Å². The van der Waals surface area contributed by atoms with Gasteiger partial charge in [0, 0.05) is 37.9 Å². The summed E-state index contributed by atoms with van der Waals surface area (Å²) in [5, 5.41) is 7.94. The number of benzene rings is 2. The maximum Gasteiger partial charge on any atom is 0.318 e. The highest BCUT2D eigenvalue weighted by molar-refractivity contribution is 7.89. The van der Waals surface area contributed by atoms with Crippen LogP contribution >= 0.6 is 0 Å². The minimum atomic E-state index is -3.46. The van der Waals surface area contributed by atoms with Gasteiger partial charge in [0.05, 0.1) is 4.90 Å². The summed E-state index contributed by atoms with van der Waals surface area (Å²) in [5.41, 5.74) is 2.16. The quantitative estimate of drug-likeness (QED) is 0.589. The minimum Gasteiger partial charge on any atom is -0.341 e. The van der Waals surface area contributed by atoms with Crippen LogP contribution in [-0.2, 0) is 21.2 Å². The van der Waals surface area contributed by atoms with E-state index >= 15 is 0 Å². The van der Waals surface area contributed by atoms with Crippen molar-refractivity contribution in [3.63, 3.8) is 0 Å². The predicted octanol–water partition coefficient (Wildman–Crippen LogP) is 3.57. The fraction of sp³-hybridized carbons (Fsp3) is 0.391. The zero-order valence-corrected chi connectivity index (χ0v) is 19.1. The van der Waals surface area contributed by atoms with Crippen LogP contribution in [0, 0.1) is 0 Å². The summed E-state index contributed by atoms with van der Waals surface area (Å²) < 4.78 is 27.3. The van der Waals surface area contributed by atoms with Crippen molar-refractivity contribution in [1.82, 2.24) is 9.62 Å². The van der Waals surface area contributed by atoms with Gasteiger partial charge in [0.15, 0.2) is 0 Å². The third-order valence-electron chi connectivity index (χ3n) is 5.42. The van der Waals surface area contributed by atoms with E-state index in [1.807, 2.05) is 0 Å². The van der Waals surface area contributed by atoms with Gasteiger partial charge in [0.1, 0.15) is 0 Å². The van der Waals surface area contributed by atoms with Crippen LogP contribution in [0.1, 0.15) is 37.7 Å². The number of amides is 3. The molecular formula is C23H30N4O4S. The molecule has 1 heterocycles. The molecule has 0 saturated carbocycles. The lowest BCUT2D eigenvalue weighted by Crippen LogP contribution is -2.31. The van der Waals surface area contributed by atoms with E-state index in [9.17, 15) is 18.0 Å². The highest BCUT2D eigenvalue weighted by Gasteiger charge is 2.24. The number of nitrogens with one attached hydrogen (secondary N) is 3. The topological polar surface area (TPSA) is 108 Å². The number of carbonyl (C=O) groups excluding carboxylic acids is 2. The zero-order chi connectivity index (χ0) is 23.0. The van der Waals surface area contributed by atoms with Gasteiger partial charge in [-0.05, 0) is 61.2 Å². The van der Waals surface area contributed by atoms with E-state index < -0.39 is 10.0 Å². The van der Waals surface area contributed by atoms with Gasteiger partial charge in [-0.3, -0.25) is 4.79 Å². The second-order valence-electron chi connectivity index (χ2n) is 7.79. The molecule has 3 amide bonds. The Bertz CT molecular complexity index is 1010. The maximum atomic E-state index is 12.9. The van der Waals surface area contributed by atoms with E-state index in [0.717, 1.165) is 31.2 Å². The number of hydrogen-bond acceptors (Lipinski definition) is 4. The fourth-order valence-electron chi connectivity index (χ4n) is 3.57. The molecule has 9 heteroatoms. The lowest BCUT2D eigenvalue weighted by Gasteiger charge is -2.20. The number of rotatable bonds is 7. The summed E-state index contributed by atoms with van der Waals surface area (Å²) in [7, 11) is -1.93. The van der Waals surface area contributed by atoms with E-state index in [-0.39, 0.29) is 18.4 Å². The minimum absolute atomic E-state index is 0.140. The molecular weight excluding hydrogens is 428 g/mol. The summed E-state index contributed by atoms with van der Waals surface area (Å²) in [6.07, 6.45) is 4.73. The normalized spacial score (nSPS) is 14.9. The van der Waals surface area contributed by atoms with E-state index in [1.165, 1.54) is 7.05 Å². The molecule has 0 aliphatic carbocycles. The third-order valence-corrected chi connectivity index (χ3v) is 7.33. The first kappa shape index (κ1) is 23.7. The number of hydrogen-bond donors (Lipinski definition) is 3. The molecule has 0 atom stereocenters. The van der Waals surface area contributed by atoms with Crippen molar-refractivity contribution in [2.24, 2.45) is 0 Å². The Balaban J connectivity index is 1.51. The highest BCUT2D eigenvalue weighted by atomic mass is 32.2. The molecule has 3 N–H and O–H groups in total. The van der Waals surface area contributed by atoms with Gasteiger partial charge < -0.3 is 16.0 Å². The van der Waals surface area contributed by atoms with Gasteiger partial charge in [-0.25, -0.2) is 13.2 Å². The molecule has 0 spiro atoms. The SMILES string of the molecule is CNC(=O)Nc1ccc(NC(=O)CCc2ccc(S(=O)(=O)N3CCCCCC3)cc2)cc1. The first-order valence-electron chi connectivity index (χ1n) is 10.9. The molecule has 0 radical (unpaired) electrons. The molecule has 8 nitrogen and oxygen atoms in total. The molecule has 1 aliphatic rings. The van der Waals surface area contributed by atoms with E-state index in [4.69, 9.17) is 0 Å². The Hall–Kier alpha value is -2.91. The second kappa shape index (κ2) is 11.1. The summed E-state index contributed by atoms with van der Waals surface area (Å²) in [6.45, 7) is 1.15. The molecule has 0 unspecified atom stereocenters. The van der Waals surface area contributed by atoms with Crippen molar-refractivity contribution in [2.75, 3.05) is 30.8 Å². The molecule has 0 aromatic heterocycles. The number of nitrogens with zero attached hydrogens (tertiary/aromatic N) is 1. The molecule has 1 saturated heterocycles. The number of carbonyl (C=O) groups is 2. The molecule has 1 aliphatic heterocycles. The maximum absolute atomic E-state index is 12.9. The Labute approximate surface area is 189 Å². The lowest BCUT2D eigenvalue weighted by atomic mass is 10.1. The van der Waals surface area contributed by atoms with Gasteiger partial charge in [0.2, 0.25) is 15.9 Å². The van der Waals surface area contributed by atoms with E-state index in [1.54, 1.807) is 52.8 Å². The highest BCUT2D eigenvalue weighted by Crippen LogP contribution is 2.21. The average molecular weight is 459 g/mol. The predicted molar refractivity (Wildman–Crippen MR) is 125 cm³/mol. The molecule has 2 aromatic rings. The van der Waals surface area contributed by atoms with Crippen molar-refractivity contribution in [1.29, 1.82) is 0 Å². The van der Waals surface area contributed by atoms with Crippen LogP contribution in [0.5, 0.6) is 0 Å². The standard InChI is InChI=1S/C23H30N4O4S/c1-24-23(29)26-20-11-9-19(10-12-20)25-22(28)15-8-18-6-13-21(14-7-18)32(30,31)27-16-4-2-3-5-17-27/h6-7,9-14H,2-5,8,15-17H2,1H3,(H,25,28)(H2,24,26,29). The van der Waals surface area contributed by atoms with Crippen LogP contribution < -0.4 is 16.0 Å². The monoisotopic (exact) mass is 458 g/mol. The number of aryl methyl sites for hydroxylation is 1. The van der Waals surface area contributed by atoms with Crippen LogP contribution in [0.2, 0.25) is 0 Å². The average Bonchev–Trinajstić information content (AvgIpc) is 3.09. The summed E-state index contributed by atoms with van der Waals surface area (Å²) in [4.78, 5) is 23.9. The summed E-state index contributed by atoms with van der Waals surface area (Å²) in [6, 6.07) is 13.3. The van der Waals surface area contributed by atoms with E-state index in [0.29, 0.717) is 35.8 Å². The molecule has 172 valence electrons. The molecule has 0 bridgehead atoms. The number of sulfonamides is 1. The van der Waals surface area contributed by atoms with Crippen molar-refractivity contribution >= 4 is 33.3 Å². The molecule has 3 rings (SSSR count). The summed E-state index contributed by atoms with van der Waals surface area (Å²) in [5.74, 6) is -0.140. The van der Waals surface area contributed by atoms with Crippen LogP contribution in [0.15, 0.2) is 53.4 Å². The first-order chi connectivity index (χ1) is 15.4. The van der Waals surface area contributed by atoms with Crippen molar-refractivity contribution in [3.05, 3.63) is 54.1 Å². The van der Waals surface area contributed by atoms with Gasteiger partial charge in [0.25, 0.3) is 0 Å². The van der Waals surface area contributed by atoms with Crippen LogP contribution in [0.3, 0.4) is 0 Å². The van der Waals surface area contributed by atoms with Crippen molar-refractivity contribution in [2.45, 2.75) is 43.4 Å². The van der Waals surface area contributed by atoms with Crippen molar-refractivity contribution in [3.8, 4) is 0 Å². The van der Waals surface area contributed by atoms with Gasteiger partial charge in [-0.15, -0.1) is 0 Å². The first-order valence-corrected chi connectivity index (χ1v) is 12.3. The number of urea groups is 1. The Morgan fingerprint density at radius 2 is 1.41 bits per heavy atom. The number of anilines is 2. The Morgan fingerprint density at radius 3 is 1.97 bits per heavy atom. The van der Waals surface area contributed by atoms with Gasteiger partial charge in [-0.2, -0.15) is 4.31 Å². The Kier molecular flexibility index (Phi) is 8.24. The lowest BCUT2D eigenvalue weighted by molar-refractivity contribution is -0.116. The van der Waals surface area contributed by atoms with Gasteiger partial charge >= 0.3 is 6.03 Å². The molecule has 1 fully saturated rings. The smallest absolute Gasteiger partial charge is 0.318 e. The fourth-order valence-corrected chi connectivity index (χ4v) is 5.09. The zero-order valence-electron chi connectivity index (χ0n) is 18.3. The molecule has 32 heavy (non-hydrogen) atoms. The Morgan fingerprint density at radius 1 is 0.844 bits per heavy atom. The van der Waals surface area contributed by atoms with Crippen LogP contribution in [0.4, 0.5) is 16.2 Å². The van der Waals surface area contributed by atoms with E-state index in [2.05, 4.69) is 16.0 Å². The third kappa shape index (κ3) is 6.54. The second-order valence-corrected chi connectivity index (χ2v) is 9.73. The van der Waals surface area contributed by atoms with Crippen LogP contribution in [-0.4, -0.2) is 44.8 Å².